The number of hydrogen-bond acceptors (Lipinski definition) is 7. The third-order valence-corrected chi connectivity index (χ3v) is 5.90. The fraction of sp³-hybridized carbons (Fsp3) is 0.611. The highest BCUT2D eigenvalue weighted by Gasteiger charge is 2.50. The van der Waals surface area contributed by atoms with Crippen LogP contribution in [0.5, 0.6) is 0 Å². The highest BCUT2D eigenvalue weighted by molar-refractivity contribution is 7.09. The topological polar surface area (TPSA) is 77.7 Å². The molecule has 2 aliphatic heterocycles. The van der Waals surface area contributed by atoms with Gasteiger partial charge < -0.3 is 18.9 Å². The maximum atomic E-state index is 12.7. The van der Waals surface area contributed by atoms with E-state index >= 15 is 0 Å². The van der Waals surface area contributed by atoms with Crippen LogP contribution in [0.1, 0.15) is 45.4 Å². The van der Waals surface area contributed by atoms with E-state index < -0.39 is 0 Å². The number of thiazole rings is 1. The molecule has 2 aromatic heterocycles. The van der Waals surface area contributed by atoms with E-state index in [1.54, 1.807) is 30.1 Å². The summed E-state index contributed by atoms with van der Waals surface area (Å²) in [5.41, 5.74) is 1.91. The van der Waals surface area contributed by atoms with Crippen LogP contribution in [0.15, 0.2) is 9.90 Å². The van der Waals surface area contributed by atoms with E-state index in [1.807, 2.05) is 12.3 Å². The largest absolute Gasteiger partial charge is 0.372 e. The minimum Gasteiger partial charge on any atom is -0.372 e. The smallest absolute Gasteiger partial charge is 0.259 e. The molecule has 1 unspecified atom stereocenters. The average molecular weight is 377 g/mol. The Morgan fingerprint density at radius 1 is 1.42 bits per heavy atom. The van der Waals surface area contributed by atoms with Gasteiger partial charge in [-0.25, -0.2) is 4.98 Å². The molecule has 1 amide bonds. The summed E-state index contributed by atoms with van der Waals surface area (Å²) in [4.78, 5) is 18.9. The molecule has 0 aromatic carbocycles. The fourth-order valence-corrected chi connectivity index (χ4v) is 4.36. The molecule has 7 nitrogen and oxygen atoms in total. The Labute approximate surface area is 156 Å². The first kappa shape index (κ1) is 17.6. The first-order valence-electron chi connectivity index (χ1n) is 8.84. The first-order valence-corrected chi connectivity index (χ1v) is 9.72. The van der Waals surface area contributed by atoms with Crippen LogP contribution in [0.25, 0.3) is 0 Å². The number of likely N-dealkylation sites (tertiary alicyclic amines) is 1. The summed E-state index contributed by atoms with van der Waals surface area (Å²) in [6, 6.07) is 0. The molecule has 2 aliphatic rings. The third kappa shape index (κ3) is 3.28. The van der Waals surface area contributed by atoms with E-state index in [9.17, 15) is 4.79 Å². The number of hydrogen-bond donors (Lipinski definition) is 0. The van der Waals surface area contributed by atoms with Crippen molar-refractivity contribution in [3.05, 3.63) is 33.1 Å². The molecule has 8 heteroatoms. The molecule has 1 atom stereocenters. The van der Waals surface area contributed by atoms with Gasteiger partial charge in [0.1, 0.15) is 16.9 Å². The maximum Gasteiger partial charge on any atom is 0.259 e. The van der Waals surface area contributed by atoms with Crippen LogP contribution in [0.4, 0.5) is 0 Å². The van der Waals surface area contributed by atoms with Gasteiger partial charge in [-0.1, -0.05) is 5.16 Å². The second-order valence-electron chi connectivity index (χ2n) is 7.18. The molecule has 2 saturated heterocycles. The quantitative estimate of drug-likeness (QED) is 0.815. The number of aryl methyl sites for hydroxylation is 3. The van der Waals surface area contributed by atoms with E-state index in [0.29, 0.717) is 43.3 Å². The second-order valence-corrected chi connectivity index (χ2v) is 8.24. The van der Waals surface area contributed by atoms with Crippen molar-refractivity contribution in [2.75, 3.05) is 19.7 Å². The van der Waals surface area contributed by atoms with Crippen molar-refractivity contribution in [1.82, 2.24) is 15.0 Å². The molecule has 0 N–H and O–H groups in total. The molecule has 0 aliphatic carbocycles. The van der Waals surface area contributed by atoms with Crippen LogP contribution >= 0.6 is 11.3 Å². The Kier molecular flexibility index (Phi) is 4.58. The van der Waals surface area contributed by atoms with Crippen LogP contribution in [-0.2, 0) is 16.1 Å². The van der Waals surface area contributed by atoms with E-state index in [1.165, 1.54) is 0 Å². The maximum absolute atomic E-state index is 12.7. The highest BCUT2D eigenvalue weighted by atomic mass is 32.1. The second kappa shape index (κ2) is 6.75. The normalized spacial score (nSPS) is 21.8. The lowest BCUT2D eigenvalue weighted by Crippen LogP contribution is -2.67. The van der Waals surface area contributed by atoms with Gasteiger partial charge in [-0.2, -0.15) is 0 Å². The molecule has 1 spiro atoms. The third-order valence-electron chi connectivity index (χ3n) is 5.07. The summed E-state index contributed by atoms with van der Waals surface area (Å²) in [5.74, 6) is 0.536. The predicted molar refractivity (Wildman–Crippen MR) is 95.2 cm³/mol. The van der Waals surface area contributed by atoms with E-state index in [2.05, 4.69) is 10.1 Å². The van der Waals surface area contributed by atoms with E-state index in [4.69, 9.17) is 14.0 Å². The lowest BCUT2D eigenvalue weighted by Gasteiger charge is -2.52. The monoisotopic (exact) mass is 377 g/mol. The molecule has 0 radical (unpaired) electrons. The zero-order valence-electron chi connectivity index (χ0n) is 15.3. The minimum atomic E-state index is -0.282. The molecule has 0 saturated carbocycles. The predicted octanol–water partition coefficient (Wildman–Crippen LogP) is 2.65. The van der Waals surface area contributed by atoms with Gasteiger partial charge in [0.2, 0.25) is 0 Å². The molecule has 4 heterocycles. The lowest BCUT2D eigenvalue weighted by molar-refractivity contribution is -0.188. The molecular formula is C18H23N3O4S. The van der Waals surface area contributed by atoms with Gasteiger partial charge in [-0.3, -0.25) is 4.79 Å². The number of carbonyl (C=O) groups is 1. The Bertz CT molecular complexity index is 790. The average Bonchev–Trinajstić information content (AvgIpc) is 3.15. The Balaban J connectivity index is 1.33. The van der Waals surface area contributed by atoms with Gasteiger partial charge in [0.25, 0.3) is 5.91 Å². The highest BCUT2D eigenvalue weighted by Crippen LogP contribution is 2.36. The lowest BCUT2D eigenvalue weighted by atomic mass is 9.84. The van der Waals surface area contributed by atoms with Crippen molar-refractivity contribution < 1.29 is 18.8 Å². The summed E-state index contributed by atoms with van der Waals surface area (Å²) in [5, 5.41) is 6.96. The molecule has 26 heavy (non-hydrogen) atoms. The van der Waals surface area contributed by atoms with Crippen molar-refractivity contribution in [3.63, 3.8) is 0 Å². The van der Waals surface area contributed by atoms with Crippen molar-refractivity contribution in [2.45, 2.75) is 51.9 Å². The van der Waals surface area contributed by atoms with Gasteiger partial charge in [-0.05, 0) is 27.2 Å². The van der Waals surface area contributed by atoms with Crippen molar-refractivity contribution in [2.24, 2.45) is 0 Å². The number of rotatable bonds is 4. The van der Waals surface area contributed by atoms with E-state index in [-0.39, 0.29) is 17.6 Å². The first-order chi connectivity index (χ1) is 12.5. The van der Waals surface area contributed by atoms with Crippen LogP contribution in [0, 0.1) is 20.8 Å². The van der Waals surface area contributed by atoms with Gasteiger partial charge >= 0.3 is 0 Å². The van der Waals surface area contributed by atoms with Gasteiger partial charge in [0.05, 0.1) is 42.2 Å². The Hall–Kier alpha value is -1.77. The summed E-state index contributed by atoms with van der Waals surface area (Å²) < 4.78 is 17.2. The molecule has 140 valence electrons. The van der Waals surface area contributed by atoms with Crippen molar-refractivity contribution in [3.8, 4) is 0 Å². The van der Waals surface area contributed by atoms with Gasteiger partial charge in [0.15, 0.2) is 0 Å². The number of nitrogens with zero attached hydrogens (tertiary/aromatic N) is 3. The van der Waals surface area contributed by atoms with Crippen LogP contribution in [-0.4, -0.2) is 52.3 Å². The Morgan fingerprint density at radius 2 is 2.23 bits per heavy atom. The van der Waals surface area contributed by atoms with Crippen LogP contribution in [0.2, 0.25) is 0 Å². The Morgan fingerprint density at radius 3 is 2.88 bits per heavy atom. The molecule has 2 fully saturated rings. The van der Waals surface area contributed by atoms with Crippen LogP contribution in [0.3, 0.4) is 0 Å². The minimum absolute atomic E-state index is 0.0311. The summed E-state index contributed by atoms with van der Waals surface area (Å²) in [6.45, 7) is 7.93. The number of ether oxygens (including phenoxy) is 2. The van der Waals surface area contributed by atoms with Crippen LogP contribution < -0.4 is 0 Å². The van der Waals surface area contributed by atoms with Crippen molar-refractivity contribution >= 4 is 17.2 Å². The summed E-state index contributed by atoms with van der Waals surface area (Å²) in [7, 11) is 0. The standard InChI is InChI=1S/C18H23N3O4S/c1-11-16(12(2)25-20-11)17(22)21-9-18(10-21)6-15(4-5-24-18)23-7-14-8-26-13(3)19-14/h8,15H,4-7,9-10H2,1-3H3. The molecule has 2 aromatic rings. The number of amides is 1. The van der Waals surface area contributed by atoms with Gasteiger partial charge in [-0.15, -0.1) is 11.3 Å². The molecule has 0 bridgehead atoms. The summed E-state index contributed by atoms with van der Waals surface area (Å²) >= 11 is 1.64. The van der Waals surface area contributed by atoms with Crippen molar-refractivity contribution in [1.29, 1.82) is 0 Å². The van der Waals surface area contributed by atoms with Gasteiger partial charge in [0, 0.05) is 18.4 Å². The molecular weight excluding hydrogens is 354 g/mol. The van der Waals surface area contributed by atoms with E-state index in [0.717, 1.165) is 23.5 Å². The molecule has 4 rings (SSSR count). The number of carbonyl (C=O) groups excluding carboxylic acids is 1. The summed E-state index contributed by atoms with van der Waals surface area (Å²) in [6.07, 6.45) is 1.83. The zero-order chi connectivity index (χ0) is 18.3. The SMILES string of the molecule is Cc1nc(COC2CCOC3(C2)CN(C(=O)c2c(C)noc2C)C3)cs1. The number of aromatic nitrogens is 2. The zero-order valence-corrected chi connectivity index (χ0v) is 16.1. The fourth-order valence-electron chi connectivity index (χ4n) is 3.76.